The summed E-state index contributed by atoms with van der Waals surface area (Å²) in [4.78, 5) is 54.3. The Balaban J connectivity index is 1.45. The van der Waals surface area contributed by atoms with Gasteiger partial charge in [-0.1, -0.05) is 56.4 Å². The summed E-state index contributed by atoms with van der Waals surface area (Å²) in [6.07, 6.45) is 6.32. The normalized spacial score (nSPS) is 13.3. The maximum Gasteiger partial charge on any atom is 0.338 e. The molecule has 0 saturated heterocycles. The molecule has 3 aromatic rings. The predicted octanol–water partition coefficient (Wildman–Crippen LogP) is 7.09. The standard InChI is InChI=1S/C37H44F2N4O6/c1-37(2,3)49-35(46)26-14-10-15-27(22-26)41-36(47)40-23-32(44)43(21-20-25-12-6-5-7-13-25)30-18-8-9-19-31(30)48-24-33(45)42(4)34-28(38)16-11-17-29(34)39/h8-11,14-19,22,25H,5-7,12-13,20-21,23-24H2,1-4H3,(H2,40,41,47). The van der Waals surface area contributed by atoms with Crippen molar-refractivity contribution in [3.63, 3.8) is 0 Å². The molecule has 0 aliphatic heterocycles. The van der Waals surface area contributed by atoms with Crippen LogP contribution >= 0.6 is 0 Å². The van der Waals surface area contributed by atoms with E-state index in [1.54, 1.807) is 63.2 Å². The zero-order valence-corrected chi connectivity index (χ0v) is 28.4. The molecule has 1 aliphatic carbocycles. The number of urea groups is 1. The summed E-state index contributed by atoms with van der Waals surface area (Å²) in [5.41, 5.74) is -0.181. The highest BCUT2D eigenvalue weighted by molar-refractivity contribution is 6.00. The van der Waals surface area contributed by atoms with E-state index >= 15 is 0 Å². The molecule has 0 atom stereocenters. The lowest BCUT2D eigenvalue weighted by Gasteiger charge is -2.29. The minimum absolute atomic E-state index is 0.221. The molecule has 1 saturated carbocycles. The second-order valence-electron chi connectivity index (χ2n) is 13.0. The number of esters is 1. The molecular formula is C37H44F2N4O6. The van der Waals surface area contributed by atoms with Crippen molar-refractivity contribution in [2.45, 2.75) is 64.9 Å². The molecule has 4 rings (SSSR count). The number of hydrogen-bond acceptors (Lipinski definition) is 6. The smallest absolute Gasteiger partial charge is 0.338 e. The minimum Gasteiger partial charge on any atom is -0.482 e. The van der Waals surface area contributed by atoms with Crippen LogP contribution in [0.25, 0.3) is 0 Å². The number of rotatable bonds is 12. The SMILES string of the molecule is CN(C(=O)COc1ccccc1N(CCC1CCCCC1)C(=O)CNC(=O)Nc1cccc(C(=O)OC(C)(C)C)c1)c1c(F)cccc1F. The third kappa shape index (κ3) is 10.8. The summed E-state index contributed by atoms with van der Waals surface area (Å²) >= 11 is 0. The maximum absolute atomic E-state index is 14.3. The zero-order chi connectivity index (χ0) is 35.6. The molecule has 0 unspecified atom stereocenters. The van der Waals surface area contributed by atoms with Gasteiger partial charge in [-0.15, -0.1) is 0 Å². The molecule has 12 heteroatoms. The molecular weight excluding hydrogens is 634 g/mol. The molecule has 0 aromatic heterocycles. The summed E-state index contributed by atoms with van der Waals surface area (Å²) in [6.45, 7) is 4.72. The molecule has 49 heavy (non-hydrogen) atoms. The lowest BCUT2D eigenvalue weighted by molar-refractivity contribution is -0.120. The van der Waals surface area contributed by atoms with Gasteiger partial charge in [0.2, 0.25) is 5.91 Å². The van der Waals surface area contributed by atoms with E-state index in [1.165, 1.54) is 30.5 Å². The van der Waals surface area contributed by atoms with Crippen molar-refractivity contribution >= 4 is 40.9 Å². The highest BCUT2D eigenvalue weighted by atomic mass is 19.1. The molecule has 0 bridgehead atoms. The molecule has 1 fully saturated rings. The van der Waals surface area contributed by atoms with Gasteiger partial charge in [0.1, 0.15) is 28.7 Å². The quantitative estimate of drug-likeness (QED) is 0.198. The average molecular weight is 679 g/mol. The predicted molar refractivity (Wildman–Crippen MR) is 184 cm³/mol. The van der Waals surface area contributed by atoms with Gasteiger partial charge >= 0.3 is 12.0 Å². The van der Waals surface area contributed by atoms with Gasteiger partial charge in [-0.25, -0.2) is 18.4 Å². The monoisotopic (exact) mass is 678 g/mol. The number of nitrogens with one attached hydrogen (secondary N) is 2. The average Bonchev–Trinajstić information content (AvgIpc) is 3.06. The van der Waals surface area contributed by atoms with Gasteiger partial charge in [-0.05, 0) is 75.6 Å². The topological polar surface area (TPSA) is 117 Å². The number of benzene rings is 3. The first-order valence-corrected chi connectivity index (χ1v) is 16.4. The minimum atomic E-state index is -0.886. The molecule has 1 aliphatic rings. The van der Waals surface area contributed by atoms with Gasteiger partial charge in [-0.2, -0.15) is 0 Å². The Hall–Kier alpha value is -5.00. The third-order valence-corrected chi connectivity index (χ3v) is 8.10. The number of para-hydroxylation sites is 3. The van der Waals surface area contributed by atoms with Crippen LogP contribution in [0.5, 0.6) is 5.75 Å². The molecule has 0 heterocycles. The summed E-state index contributed by atoms with van der Waals surface area (Å²) in [5.74, 6) is -2.76. The number of anilines is 3. The van der Waals surface area contributed by atoms with Gasteiger partial charge in [0.05, 0.1) is 17.8 Å². The van der Waals surface area contributed by atoms with Crippen molar-refractivity contribution < 1.29 is 37.4 Å². The van der Waals surface area contributed by atoms with E-state index in [9.17, 15) is 28.0 Å². The lowest BCUT2D eigenvalue weighted by Crippen LogP contribution is -2.42. The van der Waals surface area contributed by atoms with E-state index < -0.39 is 53.3 Å². The Morgan fingerprint density at radius 2 is 1.55 bits per heavy atom. The second kappa shape index (κ2) is 16.9. The van der Waals surface area contributed by atoms with Gasteiger partial charge in [0.25, 0.3) is 5.91 Å². The van der Waals surface area contributed by atoms with Crippen molar-refractivity contribution in [3.05, 3.63) is 83.9 Å². The van der Waals surface area contributed by atoms with E-state index in [1.807, 2.05) is 0 Å². The number of ether oxygens (including phenoxy) is 2. The Bertz CT molecular complexity index is 1620. The zero-order valence-electron chi connectivity index (χ0n) is 28.4. The summed E-state index contributed by atoms with van der Waals surface area (Å²) in [7, 11) is 1.25. The molecule has 0 radical (unpaired) electrons. The summed E-state index contributed by atoms with van der Waals surface area (Å²) in [5, 5.41) is 5.23. The van der Waals surface area contributed by atoms with Crippen molar-refractivity contribution in [2.24, 2.45) is 5.92 Å². The Kier molecular flexibility index (Phi) is 12.7. The largest absolute Gasteiger partial charge is 0.482 e. The number of nitrogens with zero attached hydrogens (tertiary/aromatic N) is 2. The molecule has 2 N–H and O–H groups in total. The van der Waals surface area contributed by atoms with Crippen LogP contribution in [0.1, 0.15) is 69.7 Å². The molecule has 4 amide bonds. The number of amides is 4. The van der Waals surface area contributed by atoms with Crippen molar-refractivity contribution in [1.29, 1.82) is 0 Å². The number of hydrogen-bond donors (Lipinski definition) is 2. The molecule has 3 aromatic carbocycles. The van der Waals surface area contributed by atoms with Crippen LogP contribution in [0, 0.1) is 17.6 Å². The second-order valence-corrected chi connectivity index (χ2v) is 13.0. The number of likely N-dealkylation sites (N-methyl/N-ethyl adjacent to an activating group) is 1. The summed E-state index contributed by atoms with van der Waals surface area (Å²) in [6, 6.07) is 15.7. The molecule has 10 nitrogen and oxygen atoms in total. The first kappa shape index (κ1) is 36.8. The number of carbonyl (C=O) groups is 4. The van der Waals surface area contributed by atoms with Crippen LogP contribution in [-0.4, -0.2) is 56.2 Å². The fraction of sp³-hybridized carbons (Fsp3) is 0.405. The third-order valence-electron chi connectivity index (χ3n) is 8.10. The number of halogens is 2. The van der Waals surface area contributed by atoms with Crippen molar-refractivity contribution in [3.8, 4) is 5.75 Å². The highest BCUT2D eigenvalue weighted by Gasteiger charge is 2.25. The Morgan fingerprint density at radius 3 is 2.24 bits per heavy atom. The first-order valence-electron chi connectivity index (χ1n) is 16.4. The van der Waals surface area contributed by atoms with Crippen LogP contribution in [0.4, 0.5) is 30.6 Å². The maximum atomic E-state index is 14.3. The van der Waals surface area contributed by atoms with Crippen LogP contribution in [0.15, 0.2) is 66.7 Å². The van der Waals surface area contributed by atoms with Gasteiger partial charge in [-0.3, -0.25) is 9.59 Å². The van der Waals surface area contributed by atoms with Crippen LogP contribution < -0.4 is 25.2 Å². The summed E-state index contributed by atoms with van der Waals surface area (Å²) < 4.78 is 39.9. The fourth-order valence-corrected chi connectivity index (χ4v) is 5.63. The van der Waals surface area contributed by atoms with Gasteiger partial charge in [0, 0.05) is 19.3 Å². The van der Waals surface area contributed by atoms with E-state index in [4.69, 9.17) is 9.47 Å². The molecule has 0 spiro atoms. The van der Waals surface area contributed by atoms with Crippen molar-refractivity contribution in [2.75, 3.05) is 41.9 Å². The number of carbonyl (C=O) groups excluding carboxylic acids is 4. The van der Waals surface area contributed by atoms with Crippen LogP contribution in [0.2, 0.25) is 0 Å². The Labute approximate surface area is 285 Å². The van der Waals surface area contributed by atoms with Crippen LogP contribution in [-0.2, 0) is 14.3 Å². The van der Waals surface area contributed by atoms with Gasteiger partial charge < -0.3 is 29.9 Å². The van der Waals surface area contributed by atoms with Gasteiger partial charge in [0.15, 0.2) is 6.61 Å². The van der Waals surface area contributed by atoms with E-state index in [0.29, 0.717) is 23.8 Å². The first-order chi connectivity index (χ1) is 23.3. The van der Waals surface area contributed by atoms with Crippen LogP contribution in [0.3, 0.4) is 0 Å². The van der Waals surface area contributed by atoms with E-state index in [0.717, 1.165) is 49.1 Å². The van der Waals surface area contributed by atoms with E-state index in [2.05, 4.69) is 10.6 Å². The van der Waals surface area contributed by atoms with Crippen molar-refractivity contribution in [1.82, 2.24) is 5.32 Å². The Morgan fingerprint density at radius 1 is 0.878 bits per heavy atom. The molecule has 262 valence electrons. The highest BCUT2D eigenvalue weighted by Crippen LogP contribution is 2.32. The lowest BCUT2D eigenvalue weighted by atomic mass is 9.87. The van der Waals surface area contributed by atoms with E-state index in [-0.39, 0.29) is 17.9 Å². The fourth-order valence-electron chi connectivity index (χ4n) is 5.63.